The van der Waals surface area contributed by atoms with Crippen LogP contribution in [0.5, 0.6) is 0 Å². The van der Waals surface area contributed by atoms with Crippen molar-refractivity contribution in [1.82, 2.24) is 9.80 Å². The van der Waals surface area contributed by atoms with Crippen LogP contribution in [0.3, 0.4) is 0 Å². The van der Waals surface area contributed by atoms with Crippen molar-refractivity contribution in [2.24, 2.45) is 0 Å². The van der Waals surface area contributed by atoms with Crippen LogP contribution in [0.25, 0.3) is 0 Å². The van der Waals surface area contributed by atoms with Crippen molar-refractivity contribution in [2.45, 2.75) is 19.4 Å². The number of rotatable bonds is 4. The van der Waals surface area contributed by atoms with Crippen molar-refractivity contribution < 1.29 is 9.18 Å². The van der Waals surface area contributed by atoms with Gasteiger partial charge in [-0.3, -0.25) is 9.69 Å². The molecule has 3 nitrogen and oxygen atoms in total. The van der Waals surface area contributed by atoms with Gasteiger partial charge in [-0.05, 0) is 31.0 Å². The summed E-state index contributed by atoms with van der Waals surface area (Å²) in [5, 5.41) is 0. The summed E-state index contributed by atoms with van der Waals surface area (Å²) in [5.74, 6) is -0.188. The Morgan fingerprint density at radius 1 is 1.33 bits per heavy atom. The first kappa shape index (κ1) is 13.0. The Balaban J connectivity index is 1.81. The molecule has 1 fully saturated rings. The van der Waals surface area contributed by atoms with Crippen LogP contribution < -0.4 is 0 Å². The lowest BCUT2D eigenvalue weighted by atomic mass is 10.1. The standard InChI is InChI=1S/C14H19FN2O/c1-12-10-16(8-9-17(12)11-18)7-6-13-2-4-14(15)5-3-13/h2-5,11-12H,6-10H2,1H3/t12-/m1/s1. The number of halogens is 1. The molecule has 1 saturated heterocycles. The van der Waals surface area contributed by atoms with Crippen LogP contribution in [0.15, 0.2) is 24.3 Å². The average Bonchev–Trinajstić information content (AvgIpc) is 2.38. The summed E-state index contributed by atoms with van der Waals surface area (Å²) < 4.78 is 12.8. The molecular formula is C14H19FN2O. The maximum Gasteiger partial charge on any atom is 0.210 e. The van der Waals surface area contributed by atoms with Gasteiger partial charge in [-0.15, -0.1) is 0 Å². The van der Waals surface area contributed by atoms with E-state index in [1.54, 1.807) is 0 Å². The van der Waals surface area contributed by atoms with E-state index in [1.165, 1.54) is 12.1 Å². The predicted octanol–water partition coefficient (Wildman–Crippen LogP) is 1.53. The second-order valence-electron chi connectivity index (χ2n) is 4.87. The zero-order valence-corrected chi connectivity index (χ0v) is 10.7. The summed E-state index contributed by atoms with van der Waals surface area (Å²) in [4.78, 5) is 15.0. The third-order valence-corrected chi connectivity index (χ3v) is 3.53. The molecule has 2 rings (SSSR count). The summed E-state index contributed by atoms with van der Waals surface area (Å²) in [5.41, 5.74) is 1.15. The fourth-order valence-electron chi connectivity index (χ4n) is 2.35. The highest BCUT2D eigenvalue weighted by Crippen LogP contribution is 2.09. The van der Waals surface area contributed by atoms with Gasteiger partial charge in [0.05, 0.1) is 0 Å². The van der Waals surface area contributed by atoms with Crippen molar-refractivity contribution in [3.63, 3.8) is 0 Å². The molecule has 1 aromatic rings. The largest absolute Gasteiger partial charge is 0.340 e. The molecule has 1 aliphatic rings. The van der Waals surface area contributed by atoms with Crippen LogP contribution in [0.1, 0.15) is 12.5 Å². The topological polar surface area (TPSA) is 23.6 Å². The van der Waals surface area contributed by atoms with Gasteiger partial charge in [0.25, 0.3) is 0 Å². The summed E-state index contributed by atoms with van der Waals surface area (Å²) in [6.07, 6.45) is 1.86. The van der Waals surface area contributed by atoms with Crippen LogP contribution in [-0.4, -0.2) is 48.4 Å². The van der Waals surface area contributed by atoms with Gasteiger partial charge in [-0.1, -0.05) is 12.1 Å². The molecule has 98 valence electrons. The van der Waals surface area contributed by atoms with Crippen LogP contribution in [-0.2, 0) is 11.2 Å². The van der Waals surface area contributed by atoms with E-state index in [0.717, 1.165) is 44.6 Å². The number of hydrogen-bond acceptors (Lipinski definition) is 2. The molecule has 1 amide bonds. The maximum atomic E-state index is 12.8. The smallest absolute Gasteiger partial charge is 0.210 e. The molecule has 1 aliphatic heterocycles. The van der Waals surface area contributed by atoms with E-state index in [9.17, 15) is 9.18 Å². The van der Waals surface area contributed by atoms with E-state index in [-0.39, 0.29) is 11.9 Å². The van der Waals surface area contributed by atoms with Gasteiger partial charge < -0.3 is 4.90 Å². The molecule has 18 heavy (non-hydrogen) atoms. The van der Waals surface area contributed by atoms with Gasteiger partial charge in [0.1, 0.15) is 5.82 Å². The highest BCUT2D eigenvalue weighted by molar-refractivity contribution is 5.47. The van der Waals surface area contributed by atoms with Gasteiger partial charge in [0.15, 0.2) is 0 Å². The van der Waals surface area contributed by atoms with Gasteiger partial charge in [0, 0.05) is 32.2 Å². The molecule has 0 spiro atoms. The molecule has 4 heteroatoms. The Labute approximate surface area is 107 Å². The van der Waals surface area contributed by atoms with Gasteiger partial charge in [0.2, 0.25) is 6.41 Å². The molecule has 1 atom stereocenters. The van der Waals surface area contributed by atoms with Crippen molar-refractivity contribution >= 4 is 6.41 Å². The first-order valence-electron chi connectivity index (χ1n) is 6.37. The highest BCUT2D eigenvalue weighted by atomic mass is 19.1. The SMILES string of the molecule is C[C@@H]1CN(CCc2ccc(F)cc2)CCN1C=O. The molecular weight excluding hydrogens is 231 g/mol. The van der Waals surface area contributed by atoms with Crippen molar-refractivity contribution in [2.75, 3.05) is 26.2 Å². The number of carbonyl (C=O) groups is 1. The molecule has 0 bridgehead atoms. The van der Waals surface area contributed by atoms with Crippen LogP contribution in [0.4, 0.5) is 4.39 Å². The lowest BCUT2D eigenvalue weighted by Crippen LogP contribution is -2.51. The minimum Gasteiger partial charge on any atom is -0.340 e. The average molecular weight is 250 g/mol. The Kier molecular flexibility index (Phi) is 4.31. The lowest BCUT2D eigenvalue weighted by Gasteiger charge is -2.37. The van der Waals surface area contributed by atoms with E-state index in [2.05, 4.69) is 11.8 Å². The van der Waals surface area contributed by atoms with E-state index in [0.29, 0.717) is 0 Å². The third kappa shape index (κ3) is 3.29. The van der Waals surface area contributed by atoms with Gasteiger partial charge >= 0.3 is 0 Å². The Morgan fingerprint density at radius 2 is 2.06 bits per heavy atom. The fraction of sp³-hybridized carbons (Fsp3) is 0.500. The Hall–Kier alpha value is -1.42. The molecule has 0 saturated carbocycles. The van der Waals surface area contributed by atoms with Crippen LogP contribution in [0.2, 0.25) is 0 Å². The first-order chi connectivity index (χ1) is 8.69. The molecule has 0 N–H and O–H groups in total. The molecule has 1 heterocycles. The number of piperazine rings is 1. The Bertz CT molecular complexity index is 393. The van der Waals surface area contributed by atoms with Crippen LogP contribution >= 0.6 is 0 Å². The minimum atomic E-state index is -0.188. The molecule has 0 aromatic heterocycles. The summed E-state index contributed by atoms with van der Waals surface area (Å²) in [6.45, 7) is 5.67. The second kappa shape index (κ2) is 5.96. The number of nitrogens with zero attached hydrogens (tertiary/aromatic N) is 2. The fourth-order valence-corrected chi connectivity index (χ4v) is 2.35. The molecule has 0 aliphatic carbocycles. The number of amides is 1. The highest BCUT2D eigenvalue weighted by Gasteiger charge is 2.21. The molecule has 1 aromatic carbocycles. The predicted molar refractivity (Wildman–Crippen MR) is 68.8 cm³/mol. The molecule has 0 unspecified atom stereocenters. The zero-order valence-electron chi connectivity index (χ0n) is 10.7. The summed E-state index contributed by atoms with van der Waals surface area (Å²) in [7, 11) is 0. The van der Waals surface area contributed by atoms with Gasteiger partial charge in [-0.25, -0.2) is 4.39 Å². The maximum absolute atomic E-state index is 12.8. The summed E-state index contributed by atoms with van der Waals surface area (Å²) >= 11 is 0. The number of carbonyl (C=O) groups excluding carboxylic acids is 1. The monoisotopic (exact) mass is 250 g/mol. The third-order valence-electron chi connectivity index (χ3n) is 3.53. The van der Waals surface area contributed by atoms with Crippen molar-refractivity contribution in [3.8, 4) is 0 Å². The van der Waals surface area contributed by atoms with Gasteiger partial charge in [-0.2, -0.15) is 0 Å². The van der Waals surface area contributed by atoms with Crippen molar-refractivity contribution in [1.29, 1.82) is 0 Å². The minimum absolute atomic E-state index is 0.188. The van der Waals surface area contributed by atoms with E-state index < -0.39 is 0 Å². The quantitative estimate of drug-likeness (QED) is 0.757. The Morgan fingerprint density at radius 3 is 2.67 bits per heavy atom. The first-order valence-corrected chi connectivity index (χ1v) is 6.37. The second-order valence-corrected chi connectivity index (χ2v) is 4.87. The van der Waals surface area contributed by atoms with E-state index >= 15 is 0 Å². The number of hydrogen-bond donors (Lipinski definition) is 0. The molecule has 0 radical (unpaired) electrons. The van der Waals surface area contributed by atoms with Crippen LogP contribution in [0, 0.1) is 5.82 Å². The van der Waals surface area contributed by atoms with E-state index in [4.69, 9.17) is 0 Å². The lowest BCUT2D eigenvalue weighted by molar-refractivity contribution is -0.122. The zero-order chi connectivity index (χ0) is 13.0. The van der Waals surface area contributed by atoms with E-state index in [1.807, 2.05) is 17.0 Å². The normalized spacial score (nSPS) is 21.0. The van der Waals surface area contributed by atoms with Crippen molar-refractivity contribution in [3.05, 3.63) is 35.6 Å². The summed E-state index contributed by atoms with van der Waals surface area (Å²) in [6, 6.07) is 6.95. The number of benzene rings is 1.